The van der Waals surface area contributed by atoms with Crippen LogP contribution in [0.25, 0.3) is 21.9 Å². The molecule has 2 N–H and O–H groups in total. The lowest BCUT2D eigenvalue weighted by atomic mass is 10.1. The zero-order valence-electron chi connectivity index (χ0n) is 34.3. The maximum Gasteiger partial charge on any atom is 0.322 e. The quantitative estimate of drug-likeness (QED) is 0.0316. The highest BCUT2D eigenvalue weighted by Crippen LogP contribution is 2.29. The first kappa shape index (κ1) is 44.7. The van der Waals surface area contributed by atoms with Crippen LogP contribution in [0.4, 0.5) is 0 Å². The van der Waals surface area contributed by atoms with Gasteiger partial charge in [0.1, 0.15) is 11.3 Å². The monoisotopic (exact) mass is 752 g/mol. The van der Waals surface area contributed by atoms with Crippen molar-refractivity contribution >= 4 is 45.7 Å². The van der Waals surface area contributed by atoms with E-state index in [1.807, 2.05) is 45.4 Å². The Morgan fingerprint density at radius 1 is 0.667 bits per heavy atom. The lowest BCUT2D eigenvalue weighted by Crippen LogP contribution is -2.43. The largest absolute Gasteiger partial charge is 0.465 e. The fraction of sp³-hybridized carbons (Fsp3) is 0.682. The molecule has 10 nitrogen and oxygen atoms in total. The van der Waals surface area contributed by atoms with Crippen molar-refractivity contribution in [3.05, 3.63) is 36.0 Å². The van der Waals surface area contributed by atoms with Crippen molar-refractivity contribution in [1.29, 1.82) is 0 Å². The molecule has 0 atom stereocenters. The second-order valence-corrected chi connectivity index (χ2v) is 16.1. The van der Waals surface area contributed by atoms with Crippen molar-refractivity contribution in [3.8, 4) is 0 Å². The number of aromatic amines is 1. The Balaban J connectivity index is 1.60. The average Bonchev–Trinajstić information content (AvgIpc) is 3.69. The maximum absolute atomic E-state index is 13.8. The topological polar surface area (TPSA) is 119 Å². The highest BCUT2D eigenvalue weighted by atomic mass is 16.6. The van der Waals surface area contributed by atoms with Crippen molar-refractivity contribution < 1.29 is 33.1 Å². The number of carbonyl (C=O) groups is 4. The van der Waals surface area contributed by atoms with Gasteiger partial charge in [0.2, 0.25) is 0 Å². The van der Waals surface area contributed by atoms with Gasteiger partial charge in [-0.3, -0.25) is 23.7 Å². The van der Waals surface area contributed by atoms with Crippen LogP contribution in [-0.2, 0) is 19.1 Å². The normalized spacial score (nSPS) is 11.8. The summed E-state index contributed by atoms with van der Waals surface area (Å²) in [6.45, 7) is 4.74. The number of para-hydroxylation sites is 1. The molecule has 1 amide bonds. The van der Waals surface area contributed by atoms with E-state index < -0.39 is 23.8 Å². The minimum atomic E-state index is -1.31. The second kappa shape index (κ2) is 24.7. The summed E-state index contributed by atoms with van der Waals surface area (Å²) >= 11 is 0. The fourth-order valence-electron chi connectivity index (χ4n) is 6.97. The molecule has 0 aliphatic rings. The molecule has 0 saturated carbocycles. The first-order chi connectivity index (χ1) is 26.1. The van der Waals surface area contributed by atoms with E-state index in [1.165, 1.54) is 94.5 Å². The number of benzene rings is 1. The van der Waals surface area contributed by atoms with Crippen molar-refractivity contribution in [2.45, 2.75) is 142 Å². The Hall–Kier alpha value is -3.66. The van der Waals surface area contributed by atoms with E-state index in [0.29, 0.717) is 10.1 Å². The third-order valence-electron chi connectivity index (χ3n) is 10.1. The van der Waals surface area contributed by atoms with Gasteiger partial charge in [0.25, 0.3) is 11.8 Å². The summed E-state index contributed by atoms with van der Waals surface area (Å²) < 4.78 is 13.0. The number of nitrogens with one attached hydrogen (secondary N) is 2. The Kier molecular flexibility index (Phi) is 20.5. The molecule has 10 heteroatoms. The number of hydrogen-bond donors (Lipinski definition) is 2. The van der Waals surface area contributed by atoms with Crippen molar-refractivity contribution in [2.75, 3.05) is 47.4 Å². The summed E-state index contributed by atoms with van der Waals surface area (Å²) in [5, 5.41) is 4.41. The Morgan fingerprint density at radius 3 is 1.61 bits per heavy atom. The standard InChI is InChI=1S/C44H70N4O6/c1-6-8-10-12-14-16-18-20-22-26-30-53-43(51)37(44(52)54-31-27-23-21-19-17-15-13-11-9-7-2)33-45-42(50)39-32-36-35-28-24-25-29-38(35)46-41(36)47(39)40(49)34-48(3,4)5/h24-25,28-29,32,37H,6-23,26-27,30-31,33-34H2,1-5H3,(H-,45,46,50)/p+1. The van der Waals surface area contributed by atoms with E-state index in [2.05, 4.69) is 24.1 Å². The van der Waals surface area contributed by atoms with Crippen LogP contribution < -0.4 is 5.32 Å². The molecule has 2 heterocycles. The summed E-state index contributed by atoms with van der Waals surface area (Å²) in [6, 6.07) is 9.38. The van der Waals surface area contributed by atoms with Gasteiger partial charge in [-0.15, -0.1) is 0 Å². The molecule has 0 radical (unpaired) electrons. The fourth-order valence-corrected chi connectivity index (χ4v) is 6.97. The molecule has 0 aliphatic carbocycles. The lowest BCUT2D eigenvalue weighted by Gasteiger charge is -2.23. The molecule has 3 rings (SSSR count). The highest BCUT2D eigenvalue weighted by molar-refractivity contribution is 6.13. The average molecular weight is 752 g/mol. The number of fused-ring (bicyclic) bond motifs is 3. The number of carbonyl (C=O) groups excluding carboxylic acids is 4. The molecule has 0 unspecified atom stereocenters. The van der Waals surface area contributed by atoms with Gasteiger partial charge < -0.3 is 24.3 Å². The number of aromatic nitrogens is 2. The molecule has 1 aromatic carbocycles. The van der Waals surface area contributed by atoms with E-state index >= 15 is 0 Å². The number of quaternary nitrogens is 1. The number of nitrogens with zero attached hydrogens (tertiary/aromatic N) is 2. The van der Waals surface area contributed by atoms with E-state index in [-0.39, 0.29) is 37.9 Å². The zero-order chi connectivity index (χ0) is 39.2. The summed E-state index contributed by atoms with van der Waals surface area (Å²) in [5.41, 5.74) is 1.52. The third kappa shape index (κ3) is 15.6. The highest BCUT2D eigenvalue weighted by Gasteiger charge is 2.32. The Bertz CT molecular complexity index is 1530. The van der Waals surface area contributed by atoms with E-state index in [0.717, 1.165) is 54.8 Å². The number of esters is 2. The minimum absolute atomic E-state index is 0.136. The molecular weight excluding hydrogens is 681 g/mol. The van der Waals surface area contributed by atoms with Gasteiger partial charge in [0.15, 0.2) is 12.5 Å². The van der Waals surface area contributed by atoms with Crippen molar-refractivity contribution in [1.82, 2.24) is 14.9 Å². The Morgan fingerprint density at radius 2 is 1.13 bits per heavy atom. The van der Waals surface area contributed by atoms with Crippen molar-refractivity contribution in [2.24, 2.45) is 5.92 Å². The lowest BCUT2D eigenvalue weighted by molar-refractivity contribution is -0.861. The first-order valence-electron chi connectivity index (χ1n) is 21.1. The number of likely N-dealkylation sites (N-methyl/N-ethyl adjacent to an activating group) is 1. The SMILES string of the molecule is CCCCCCCCCCCCOC(=O)C(CNC(=O)c1cc2c3ccccc3[nH]c2n1C(=O)C[N+](C)(C)C)C(=O)OCCCCCCCCCCCC. The predicted molar refractivity (Wildman–Crippen MR) is 219 cm³/mol. The van der Waals surface area contributed by atoms with Gasteiger partial charge in [-0.1, -0.05) is 148 Å². The molecule has 0 bridgehead atoms. The van der Waals surface area contributed by atoms with Gasteiger partial charge in [0, 0.05) is 22.8 Å². The van der Waals surface area contributed by atoms with Gasteiger partial charge >= 0.3 is 11.9 Å². The van der Waals surface area contributed by atoms with Crippen LogP contribution in [0, 0.1) is 5.92 Å². The Labute approximate surface area is 324 Å². The van der Waals surface area contributed by atoms with Crippen LogP contribution in [0.3, 0.4) is 0 Å². The first-order valence-corrected chi connectivity index (χ1v) is 21.1. The summed E-state index contributed by atoms with van der Waals surface area (Å²) in [5.74, 6) is -3.52. The van der Waals surface area contributed by atoms with Gasteiger partial charge in [0.05, 0.1) is 34.4 Å². The van der Waals surface area contributed by atoms with Crippen LogP contribution in [-0.4, -0.2) is 85.2 Å². The summed E-state index contributed by atoms with van der Waals surface area (Å²) in [7, 11) is 5.74. The zero-order valence-corrected chi connectivity index (χ0v) is 34.3. The number of rotatable bonds is 29. The number of unbranched alkanes of at least 4 members (excludes halogenated alkanes) is 18. The van der Waals surface area contributed by atoms with Crippen LogP contribution in [0.5, 0.6) is 0 Å². The summed E-state index contributed by atoms with van der Waals surface area (Å²) in [6.07, 6.45) is 23.2. The van der Waals surface area contributed by atoms with E-state index in [4.69, 9.17) is 9.47 Å². The molecular formula is C44H71N4O6+. The molecule has 3 aromatic rings. The predicted octanol–water partition coefficient (Wildman–Crippen LogP) is 9.74. The number of hydrogen-bond acceptors (Lipinski definition) is 6. The van der Waals surface area contributed by atoms with E-state index in [9.17, 15) is 19.2 Å². The van der Waals surface area contributed by atoms with Crippen LogP contribution in [0.1, 0.15) is 158 Å². The van der Waals surface area contributed by atoms with Gasteiger partial charge in [-0.25, -0.2) is 0 Å². The van der Waals surface area contributed by atoms with E-state index in [1.54, 1.807) is 6.07 Å². The number of amides is 1. The molecule has 54 heavy (non-hydrogen) atoms. The second-order valence-electron chi connectivity index (χ2n) is 16.1. The van der Waals surface area contributed by atoms with Crippen LogP contribution in [0.2, 0.25) is 0 Å². The molecule has 0 fully saturated rings. The minimum Gasteiger partial charge on any atom is -0.465 e. The van der Waals surface area contributed by atoms with Crippen LogP contribution >= 0.6 is 0 Å². The molecule has 302 valence electrons. The summed E-state index contributed by atoms with van der Waals surface area (Å²) in [4.78, 5) is 57.4. The third-order valence-corrected chi connectivity index (χ3v) is 10.1. The molecule has 0 aliphatic heterocycles. The smallest absolute Gasteiger partial charge is 0.322 e. The molecule has 2 aromatic heterocycles. The maximum atomic E-state index is 13.8. The number of H-pyrrole nitrogens is 1. The van der Waals surface area contributed by atoms with Gasteiger partial charge in [-0.05, 0) is 25.0 Å². The van der Waals surface area contributed by atoms with Crippen molar-refractivity contribution in [3.63, 3.8) is 0 Å². The molecule has 0 saturated heterocycles. The molecule has 0 spiro atoms. The van der Waals surface area contributed by atoms with Gasteiger partial charge in [-0.2, -0.15) is 0 Å². The van der Waals surface area contributed by atoms with Crippen LogP contribution in [0.15, 0.2) is 30.3 Å². The number of ether oxygens (including phenoxy) is 2.